The molecule has 3 nitrogen and oxygen atoms in total. The van der Waals surface area contributed by atoms with Crippen LogP contribution >= 0.6 is 0 Å². The van der Waals surface area contributed by atoms with Crippen molar-refractivity contribution in [3.63, 3.8) is 0 Å². The Morgan fingerprint density at radius 2 is 2.07 bits per heavy atom. The minimum Gasteiger partial charge on any atom is -0.505 e. The average Bonchev–Trinajstić information content (AvgIpc) is 2.20. The van der Waals surface area contributed by atoms with E-state index < -0.39 is 5.82 Å². The van der Waals surface area contributed by atoms with Gasteiger partial charge in [0.1, 0.15) is 17.2 Å². The Hall–Kier alpha value is -1.45. The molecule has 1 aromatic carbocycles. The Bertz CT molecular complexity index is 329. The van der Waals surface area contributed by atoms with E-state index in [1.165, 1.54) is 7.11 Å². The summed E-state index contributed by atoms with van der Waals surface area (Å²) in [5, 5.41) is 9.57. The zero-order valence-electron chi connectivity index (χ0n) is 8.52. The van der Waals surface area contributed by atoms with Crippen molar-refractivity contribution in [1.29, 1.82) is 0 Å². The zero-order valence-corrected chi connectivity index (χ0v) is 8.52. The quantitative estimate of drug-likeness (QED) is 0.565. The smallest absolute Gasteiger partial charge is 0.156 e. The van der Waals surface area contributed by atoms with Gasteiger partial charge < -0.3 is 15.6 Å². The first-order chi connectivity index (χ1) is 6.54. The predicted octanol–water partition coefficient (Wildman–Crippen LogP) is 1.99. The van der Waals surface area contributed by atoms with Crippen molar-refractivity contribution in [3.05, 3.63) is 16.9 Å². The van der Waals surface area contributed by atoms with Gasteiger partial charge in [0.15, 0.2) is 5.82 Å². The molecule has 0 aliphatic carbocycles. The van der Waals surface area contributed by atoms with Gasteiger partial charge in [-0.25, -0.2) is 4.39 Å². The highest BCUT2D eigenvalue weighted by Crippen LogP contribution is 2.38. The SMILES string of the molecule is CCc1c(O)c(N)c(F)c(C)c1OC. The molecule has 78 valence electrons. The number of nitrogen functional groups attached to an aromatic ring is 1. The summed E-state index contributed by atoms with van der Waals surface area (Å²) in [6.07, 6.45) is 0.542. The van der Waals surface area contributed by atoms with E-state index in [0.717, 1.165) is 0 Å². The van der Waals surface area contributed by atoms with Crippen LogP contribution in [0.3, 0.4) is 0 Å². The number of phenols is 1. The molecule has 0 saturated heterocycles. The molecular formula is C10H14FNO2. The molecule has 1 aromatic rings. The van der Waals surface area contributed by atoms with Crippen LogP contribution in [0, 0.1) is 12.7 Å². The molecule has 0 aliphatic heterocycles. The molecule has 0 radical (unpaired) electrons. The van der Waals surface area contributed by atoms with Crippen LogP contribution in [0.2, 0.25) is 0 Å². The van der Waals surface area contributed by atoms with Gasteiger partial charge in [0.05, 0.1) is 7.11 Å². The van der Waals surface area contributed by atoms with Gasteiger partial charge in [-0.15, -0.1) is 0 Å². The van der Waals surface area contributed by atoms with E-state index in [0.29, 0.717) is 23.3 Å². The highest BCUT2D eigenvalue weighted by Gasteiger charge is 2.19. The maximum Gasteiger partial charge on any atom is 0.156 e. The largest absolute Gasteiger partial charge is 0.505 e. The summed E-state index contributed by atoms with van der Waals surface area (Å²) in [5.41, 5.74) is 6.07. The van der Waals surface area contributed by atoms with E-state index in [1.807, 2.05) is 6.92 Å². The van der Waals surface area contributed by atoms with Gasteiger partial charge in [0.2, 0.25) is 0 Å². The minimum absolute atomic E-state index is 0.208. The molecule has 3 N–H and O–H groups in total. The lowest BCUT2D eigenvalue weighted by atomic mass is 10.0. The van der Waals surface area contributed by atoms with Crippen molar-refractivity contribution >= 4 is 5.69 Å². The summed E-state index contributed by atoms with van der Waals surface area (Å²) in [5.74, 6) is -0.458. The van der Waals surface area contributed by atoms with Crippen molar-refractivity contribution in [2.45, 2.75) is 20.3 Å². The third-order valence-electron chi connectivity index (χ3n) is 2.28. The summed E-state index contributed by atoms with van der Waals surface area (Å²) in [4.78, 5) is 0. The number of benzene rings is 1. The molecule has 0 spiro atoms. The van der Waals surface area contributed by atoms with Crippen LogP contribution in [0.5, 0.6) is 11.5 Å². The molecule has 0 aliphatic rings. The number of hydrogen-bond donors (Lipinski definition) is 2. The number of hydrogen-bond acceptors (Lipinski definition) is 3. The molecule has 0 fully saturated rings. The van der Waals surface area contributed by atoms with E-state index in [-0.39, 0.29) is 11.4 Å². The summed E-state index contributed by atoms with van der Waals surface area (Å²) >= 11 is 0. The summed E-state index contributed by atoms with van der Waals surface area (Å²) in [6, 6.07) is 0. The molecule has 0 saturated carbocycles. The lowest BCUT2D eigenvalue weighted by Crippen LogP contribution is -2.02. The molecule has 0 amide bonds. The molecule has 4 heteroatoms. The topological polar surface area (TPSA) is 55.5 Å². The standard InChI is InChI=1S/C10H14FNO2/c1-4-6-9(13)8(12)7(11)5(2)10(6)14-3/h13H,4,12H2,1-3H3. The van der Waals surface area contributed by atoms with E-state index in [4.69, 9.17) is 10.5 Å². The number of rotatable bonds is 2. The summed E-state index contributed by atoms with van der Waals surface area (Å²) in [6.45, 7) is 3.41. The summed E-state index contributed by atoms with van der Waals surface area (Å²) in [7, 11) is 1.44. The fourth-order valence-electron chi connectivity index (χ4n) is 1.51. The molecule has 1 rings (SSSR count). The number of anilines is 1. The van der Waals surface area contributed by atoms with E-state index in [9.17, 15) is 9.50 Å². The third kappa shape index (κ3) is 1.36. The second-order valence-electron chi connectivity index (χ2n) is 3.07. The van der Waals surface area contributed by atoms with E-state index in [1.54, 1.807) is 6.92 Å². The fourth-order valence-corrected chi connectivity index (χ4v) is 1.51. The summed E-state index contributed by atoms with van der Waals surface area (Å²) < 4.78 is 18.4. The average molecular weight is 199 g/mol. The van der Waals surface area contributed by atoms with Crippen LogP contribution in [0.4, 0.5) is 10.1 Å². The van der Waals surface area contributed by atoms with Crippen molar-refractivity contribution in [3.8, 4) is 11.5 Å². The number of phenolic OH excluding ortho intramolecular Hbond substituents is 1. The molecule has 14 heavy (non-hydrogen) atoms. The van der Waals surface area contributed by atoms with Crippen LogP contribution in [0.1, 0.15) is 18.1 Å². The Kier molecular flexibility index (Phi) is 2.84. The Morgan fingerprint density at radius 3 is 2.50 bits per heavy atom. The van der Waals surface area contributed by atoms with Crippen LogP contribution < -0.4 is 10.5 Å². The highest BCUT2D eigenvalue weighted by atomic mass is 19.1. The normalized spacial score (nSPS) is 10.3. The van der Waals surface area contributed by atoms with Crippen molar-refractivity contribution in [2.75, 3.05) is 12.8 Å². The van der Waals surface area contributed by atoms with Crippen LogP contribution in [-0.4, -0.2) is 12.2 Å². The van der Waals surface area contributed by atoms with Gasteiger partial charge in [0.25, 0.3) is 0 Å². The Balaban J connectivity index is 3.57. The highest BCUT2D eigenvalue weighted by molar-refractivity contribution is 5.65. The van der Waals surface area contributed by atoms with Gasteiger partial charge in [-0.05, 0) is 13.3 Å². The maximum absolute atomic E-state index is 13.4. The Morgan fingerprint density at radius 1 is 1.50 bits per heavy atom. The van der Waals surface area contributed by atoms with Crippen LogP contribution in [-0.2, 0) is 6.42 Å². The Labute approximate surface area is 82.3 Å². The van der Waals surface area contributed by atoms with Crippen LogP contribution in [0.15, 0.2) is 0 Å². The minimum atomic E-state index is -0.614. The first-order valence-corrected chi connectivity index (χ1v) is 4.37. The number of aromatic hydroxyl groups is 1. The van der Waals surface area contributed by atoms with Gasteiger partial charge in [0, 0.05) is 11.1 Å². The second kappa shape index (κ2) is 3.74. The molecule has 0 aromatic heterocycles. The van der Waals surface area contributed by atoms with Crippen molar-refractivity contribution in [2.24, 2.45) is 0 Å². The first kappa shape index (κ1) is 10.6. The zero-order chi connectivity index (χ0) is 10.9. The lowest BCUT2D eigenvalue weighted by Gasteiger charge is -2.14. The third-order valence-corrected chi connectivity index (χ3v) is 2.28. The van der Waals surface area contributed by atoms with Gasteiger partial charge in [-0.3, -0.25) is 0 Å². The van der Waals surface area contributed by atoms with Gasteiger partial charge >= 0.3 is 0 Å². The maximum atomic E-state index is 13.4. The van der Waals surface area contributed by atoms with Gasteiger partial charge in [-0.2, -0.15) is 0 Å². The molecule has 0 unspecified atom stereocenters. The van der Waals surface area contributed by atoms with Crippen LogP contribution in [0.25, 0.3) is 0 Å². The molecule has 0 heterocycles. The van der Waals surface area contributed by atoms with E-state index in [2.05, 4.69) is 0 Å². The predicted molar refractivity (Wildman–Crippen MR) is 53.1 cm³/mol. The fraction of sp³-hybridized carbons (Fsp3) is 0.400. The van der Waals surface area contributed by atoms with E-state index >= 15 is 0 Å². The lowest BCUT2D eigenvalue weighted by molar-refractivity contribution is 0.392. The van der Waals surface area contributed by atoms with Gasteiger partial charge in [-0.1, -0.05) is 6.92 Å². The number of methoxy groups -OCH3 is 1. The monoisotopic (exact) mass is 199 g/mol. The number of ether oxygens (including phenoxy) is 1. The molecule has 0 atom stereocenters. The number of halogens is 1. The molecule has 0 bridgehead atoms. The van der Waals surface area contributed by atoms with Crippen molar-refractivity contribution < 1.29 is 14.2 Å². The number of nitrogens with two attached hydrogens (primary N) is 1. The first-order valence-electron chi connectivity index (χ1n) is 4.37. The van der Waals surface area contributed by atoms with Crippen molar-refractivity contribution in [1.82, 2.24) is 0 Å². The second-order valence-corrected chi connectivity index (χ2v) is 3.07. The molecular weight excluding hydrogens is 185 g/mol.